The minimum absolute atomic E-state index is 0.706. The van der Waals surface area contributed by atoms with E-state index in [0.29, 0.717) is 9.77 Å². The quantitative estimate of drug-likeness (QED) is 0.366. The Morgan fingerprint density at radius 2 is 1.77 bits per heavy atom. The normalized spacial score (nSPS) is 11.3. The van der Waals surface area contributed by atoms with Crippen LogP contribution in [0.3, 0.4) is 0 Å². The molecular weight excluding hydrogens is 360 g/mol. The number of thiazole rings is 1. The zero-order valence-corrected chi connectivity index (χ0v) is 15.7. The molecule has 0 spiro atoms. The summed E-state index contributed by atoms with van der Waals surface area (Å²) in [5, 5.41) is 6.03. The third-order valence-electron chi connectivity index (χ3n) is 4.00. The van der Waals surface area contributed by atoms with Gasteiger partial charge in [0.2, 0.25) is 5.13 Å². The predicted octanol–water partition coefficient (Wildman–Crippen LogP) is 5.72. The minimum atomic E-state index is 0.706. The van der Waals surface area contributed by atoms with Crippen LogP contribution in [0.1, 0.15) is 11.3 Å². The molecule has 0 fully saturated rings. The lowest BCUT2D eigenvalue weighted by atomic mass is 10.2. The maximum absolute atomic E-state index is 5.62. The van der Waals surface area contributed by atoms with Gasteiger partial charge in [0.1, 0.15) is 4.64 Å². The highest BCUT2D eigenvalue weighted by atomic mass is 32.1. The summed E-state index contributed by atoms with van der Waals surface area (Å²) >= 11 is 7.13. The Labute approximate surface area is 160 Å². The number of para-hydroxylation sites is 1. The van der Waals surface area contributed by atoms with Crippen molar-refractivity contribution in [2.24, 2.45) is 4.99 Å². The summed E-state index contributed by atoms with van der Waals surface area (Å²) in [6.07, 6.45) is 1.79. The number of aromatic amines is 1. The van der Waals surface area contributed by atoms with Crippen molar-refractivity contribution >= 4 is 34.9 Å². The van der Waals surface area contributed by atoms with E-state index < -0.39 is 0 Å². The van der Waals surface area contributed by atoms with Crippen LogP contribution in [0.15, 0.2) is 71.0 Å². The molecule has 4 aromatic rings. The molecule has 4 nitrogen and oxygen atoms in total. The molecular formula is C20H16N4S2. The molecule has 0 aliphatic carbocycles. The average Bonchev–Trinajstić information content (AvgIpc) is 3.26. The standard InChI is InChI=1S/C20H16N4S2/c1-14-17(19(25)24(23-14)16-10-6-3-7-11-16)12-21-20-22-18(13-26-20)15-8-4-2-5-9-15/h2-13,23H,1H3/b21-12+. The molecule has 0 aliphatic heterocycles. The summed E-state index contributed by atoms with van der Waals surface area (Å²) in [7, 11) is 0. The highest BCUT2D eigenvalue weighted by Crippen LogP contribution is 2.26. The number of aryl methyl sites for hydroxylation is 1. The summed E-state index contributed by atoms with van der Waals surface area (Å²) in [5.74, 6) is 0. The molecule has 0 unspecified atom stereocenters. The second kappa shape index (κ2) is 7.19. The van der Waals surface area contributed by atoms with Crippen LogP contribution in [-0.2, 0) is 0 Å². The van der Waals surface area contributed by atoms with E-state index in [1.54, 1.807) is 6.21 Å². The SMILES string of the molecule is Cc1[nH]n(-c2ccccc2)c(=S)c1/C=N/c1nc(-c2ccccc2)cs1. The topological polar surface area (TPSA) is 46.0 Å². The molecule has 2 heterocycles. The molecule has 0 bridgehead atoms. The first-order valence-electron chi connectivity index (χ1n) is 8.14. The number of aliphatic imine (C=N–C) groups is 1. The van der Waals surface area contributed by atoms with E-state index in [1.807, 2.05) is 77.6 Å². The van der Waals surface area contributed by atoms with Crippen molar-refractivity contribution in [1.82, 2.24) is 14.8 Å². The molecule has 0 amide bonds. The van der Waals surface area contributed by atoms with Crippen molar-refractivity contribution in [2.45, 2.75) is 6.92 Å². The van der Waals surface area contributed by atoms with Crippen LogP contribution in [0.5, 0.6) is 0 Å². The maximum atomic E-state index is 5.62. The largest absolute Gasteiger partial charge is 0.297 e. The molecule has 0 aliphatic rings. The lowest BCUT2D eigenvalue weighted by Crippen LogP contribution is -1.95. The Morgan fingerprint density at radius 3 is 2.50 bits per heavy atom. The molecule has 0 saturated heterocycles. The van der Waals surface area contributed by atoms with E-state index in [0.717, 1.165) is 28.2 Å². The molecule has 128 valence electrons. The van der Waals surface area contributed by atoms with E-state index in [4.69, 9.17) is 12.2 Å². The van der Waals surface area contributed by atoms with Gasteiger partial charge in [0, 0.05) is 22.9 Å². The van der Waals surface area contributed by atoms with Crippen LogP contribution in [0, 0.1) is 11.6 Å². The fraction of sp³-hybridized carbons (Fsp3) is 0.0500. The Morgan fingerprint density at radius 1 is 1.08 bits per heavy atom. The van der Waals surface area contributed by atoms with Gasteiger partial charge in [-0.2, -0.15) is 0 Å². The first-order valence-corrected chi connectivity index (χ1v) is 9.43. The van der Waals surface area contributed by atoms with Crippen LogP contribution in [0.4, 0.5) is 5.13 Å². The average molecular weight is 377 g/mol. The lowest BCUT2D eigenvalue weighted by Gasteiger charge is -2.00. The van der Waals surface area contributed by atoms with Crippen LogP contribution < -0.4 is 0 Å². The lowest BCUT2D eigenvalue weighted by molar-refractivity contribution is 0.853. The summed E-state index contributed by atoms with van der Waals surface area (Å²) in [4.78, 5) is 9.12. The number of benzene rings is 2. The van der Waals surface area contributed by atoms with Gasteiger partial charge in [-0.25, -0.2) is 14.7 Å². The second-order valence-electron chi connectivity index (χ2n) is 5.77. The molecule has 6 heteroatoms. The van der Waals surface area contributed by atoms with Crippen molar-refractivity contribution in [3.63, 3.8) is 0 Å². The highest BCUT2D eigenvalue weighted by Gasteiger charge is 2.08. The maximum Gasteiger partial charge on any atom is 0.209 e. The van der Waals surface area contributed by atoms with Gasteiger partial charge in [-0.1, -0.05) is 60.7 Å². The Hall–Kier alpha value is -2.83. The second-order valence-corrected chi connectivity index (χ2v) is 6.99. The molecule has 26 heavy (non-hydrogen) atoms. The van der Waals surface area contributed by atoms with E-state index >= 15 is 0 Å². The van der Waals surface area contributed by atoms with Crippen molar-refractivity contribution < 1.29 is 0 Å². The van der Waals surface area contributed by atoms with E-state index in [-0.39, 0.29) is 0 Å². The minimum Gasteiger partial charge on any atom is -0.297 e. The van der Waals surface area contributed by atoms with Gasteiger partial charge in [0.05, 0.1) is 16.9 Å². The molecule has 1 N–H and O–H groups in total. The molecule has 2 aromatic carbocycles. The molecule has 2 aromatic heterocycles. The first-order chi connectivity index (χ1) is 12.7. The Bertz CT molecular complexity index is 1110. The van der Waals surface area contributed by atoms with Gasteiger partial charge in [0.15, 0.2) is 0 Å². The van der Waals surface area contributed by atoms with Crippen molar-refractivity contribution in [3.8, 4) is 16.9 Å². The van der Waals surface area contributed by atoms with Crippen LogP contribution >= 0.6 is 23.6 Å². The molecule has 4 rings (SSSR count). The van der Waals surface area contributed by atoms with Gasteiger partial charge in [-0.05, 0) is 19.1 Å². The zero-order chi connectivity index (χ0) is 17.9. The Kier molecular flexibility index (Phi) is 4.60. The van der Waals surface area contributed by atoms with Gasteiger partial charge < -0.3 is 0 Å². The van der Waals surface area contributed by atoms with Gasteiger partial charge in [-0.3, -0.25) is 5.10 Å². The number of nitrogens with zero attached hydrogens (tertiary/aromatic N) is 3. The monoisotopic (exact) mass is 376 g/mol. The summed E-state index contributed by atoms with van der Waals surface area (Å²) in [6.45, 7) is 1.99. The predicted molar refractivity (Wildman–Crippen MR) is 110 cm³/mol. The first kappa shape index (κ1) is 16.6. The molecule has 0 saturated carbocycles. The number of aromatic nitrogens is 3. The summed E-state index contributed by atoms with van der Waals surface area (Å²) in [5.41, 5.74) is 4.91. The van der Waals surface area contributed by atoms with Crippen LogP contribution in [0.25, 0.3) is 16.9 Å². The van der Waals surface area contributed by atoms with Gasteiger partial charge >= 0.3 is 0 Å². The summed E-state index contributed by atoms with van der Waals surface area (Å²) < 4.78 is 2.60. The number of hydrogen-bond donors (Lipinski definition) is 1. The fourth-order valence-electron chi connectivity index (χ4n) is 2.66. The molecule has 0 radical (unpaired) electrons. The number of rotatable bonds is 4. The van der Waals surface area contributed by atoms with Crippen molar-refractivity contribution in [3.05, 3.63) is 81.9 Å². The number of H-pyrrole nitrogens is 1. The number of hydrogen-bond acceptors (Lipinski definition) is 4. The van der Waals surface area contributed by atoms with Crippen molar-refractivity contribution in [1.29, 1.82) is 0 Å². The van der Waals surface area contributed by atoms with E-state index in [9.17, 15) is 0 Å². The molecule has 0 atom stereocenters. The van der Waals surface area contributed by atoms with E-state index in [2.05, 4.69) is 15.1 Å². The van der Waals surface area contributed by atoms with Crippen LogP contribution in [0.2, 0.25) is 0 Å². The summed E-state index contributed by atoms with van der Waals surface area (Å²) in [6, 6.07) is 20.1. The zero-order valence-electron chi connectivity index (χ0n) is 14.1. The number of nitrogens with one attached hydrogen (secondary N) is 1. The third kappa shape index (κ3) is 3.29. The fourth-order valence-corrected chi connectivity index (χ4v) is 3.68. The smallest absolute Gasteiger partial charge is 0.209 e. The van der Waals surface area contributed by atoms with E-state index in [1.165, 1.54) is 11.3 Å². The van der Waals surface area contributed by atoms with Gasteiger partial charge in [-0.15, -0.1) is 11.3 Å². The van der Waals surface area contributed by atoms with Crippen LogP contribution in [-0.4, -0.2) is 21.0 Å². The third-order valence-corrected chi connectivity index (χ3v) is 5.15. The Balaban J connectivity index is 1.63. The highest BCUT2D eigenvalue weighted by molar-refractivity contribution is 7.71. The van der Waals surface area contributed by atoms with Gasteiger partial charge in [0.25, 0.3) is 0 Å². The van der Waals surface area contributed by atoms with Crippen molar-refractivity contribution in [2.75, 3.05) is 0 Å².